The molecule has 1 aromatic rings. The van der Waals surface area contributed by atoms with Crippen molar-refractivity contribution in [2.45, 2.75) is 52.2 Å². The minimum atomic E-state index is -0.497. The summed E-state index contributed by atoms with van der Waals surface area (Å²) in [5, 5.41) is 0. The van der Waals surface area contributed by atoms with E-state index in [4.69, 9.17) is 4.74 Å². The number of carbonyl (C=O) groups excluding carboxylic acids is 2. The number of nitrogens with zero attached hydrogens (tertiary/aromatic N) is 2. The van der Waals surface area contributed by atoms with E-state index in [1.54, 1.807) is 4.90 Å². The Labute approximate surface area is 149 Å². The Morgan fingerprint density at radius 3 is 2.24 bits per heavy atom. The number of β-lactam (4-membered cyclic amide) rings is 1. The molecular weight excluding hydrogens is 316 g/mol. The molecule has 25 heavy (non-hydrogen) atoms. The fraction of sp³-hybridized carbons (Fsp3) is 0.600. The van der Waals surface area contributed by atoms with Gasteiger partial charge in [0.1, 0.15) is 5.60 Å². The van der Waals surface area contributed by atoms with E-state index in [0.29, 0.717) is 25.9 Å². The van der Waals surface area contributed by atoms with Gasteiger partial charge in [-0.05, 0) is 46.1 Å². The standard InChI is InChI=1S/C20H28N2O3/c1-14-6-8-15(9-7-14)16-20(17(23)21(16)5)10-12-22(13-11-20)18(24)25-19(2,3)4/h6-9,16H,10-13H2,1-5H3. The molecule has 136 valence electrons. The Kier molecular flexibility index (Phi) is 4.30. The van der Waals surface area contributed by atoms with Gasteiger partial charge in [-0.2, -0.15) is 0 Å². The lowest BCUT2D eigenvalue weighted by atomic mass is 9.62. The normalized spacial score (nSPS) is 22.8. The fourth-order valence-electron chi connectivity index (χ4n) is 4.08. The smallest absolute Gasteiger partial charge is 0.410 e. The topological polar surface area (TPSA) is 49.9 Å². The van der Waals surface area contributed by atoms with Crippen molar-refractivity contribution in [3.63, 3.8) is 0 Å². The lowest BCUT2D eigenvalue weighted by Gasteiger charge is -2.57. The van der Waals surface area contributed by atoms with Gasteiger partial charge in [0.2, 0.25) is 5.91 Å². The highest BCUT2D eigenvalue weighted by molar-refractivity contribution is 5.90. The van der Waals surface area contributed by atoms with E-state index in [1.165, 1.54) is 11.1 Å². The molecule has 2 amide bonds. The van der Waals surface area contributed by atoms with Crippen LogP contribution in [-0.2, 0) is 9.53 Å². The molecule has 2 saturated heterocycles. The molecule has 5 heteroatoms. The van der Waals surface area contributed by atoms with Crippen molar-refractivity contribution < 1.29 is 14.3 Å². The quantitative estimate of drug-likeness (QED) is 0.732. The summed E-state index contributed by atoms with van der Waals surface area (Å²) in [4.78, 5) is 28.5. The molecule has 0 N–H and O–H groups in total. The number of piperidine rings is 1. The first kappa shape index (κ1) is 17.8. The predicted octanol–water partition coefficient (Wildman–Crippen LogP) is 3.53. The molecule has 2 aliphatic rings. The number of ether oxygens (including phenoxy) is 1. The average molecular weight is 344 g/mol. The van der Waals surface area contributed by atoms with Crippen LogP contribution in [-0.4, -0.2) is 47.5 Å². The third-order valence-electron chi connectivity index (χ3n) is 5.36. The maximum atomic E-state index is 12.7. The van der Waals surface area contributed by atoms with Gasteiger partial charge in [-0.25, -0.2) is 4.79 Å². The number of benzene rings is 1. The molecule has 2 aliphatic heterocycles. The number of amides is 2. The summed E-state index contributed by atoms with van der Waals surface area (Å²) in [5.41, 5.74) is 1.52. The molecule has 0 aliphatic carbocycles. The molecule has 1 unspecified atom stereocenters. The van der Waals surface area contributed by atoms with Crippen molar-refractivity contribution in [1.29, 1.82) is 0 Å². The molecule has 1 aromatic carbocycles. The molecule has 0 saturated carbocycles. The zero-order chi connectivity index (χ0) is 18.4. The fourth-order valence-corrected chi connectivity index (χ4v) is 4.08. The number of hydrogen-bond acceptors (Lipinski definition) is 3. The van der Waals surface area contributed by atoms with Crippen LogP contribution >= 0.6 is 0 Å². The first-order chi connectivity index (χ1) is 11.6. The number of rotatable bonds is 1. The molecule has 0 aromatic heterocycles. The molecule has 2 fully saturated rings. The average Bonchev–Trinajstić information content (AvgIpc) is 2.55. The minimum absolute atomic E-state index is 0.0985. The van der Waals surface area contributed by atoms with Crippen molar-refractivity contribution in [3.05, 3.63) is 35.4 Å². The largest absolute Gasteiger partial charge is 0.444 e. The van der Waals surface area contributed by atoms with Gasteiger partial charge in [-0.1, -0.05) is 29.8 Å². The molecule has 2 heterocycles. The second kappa shape index (κ2) is 6.04. The van der Waals surface area contributed by atoms with Crippen LogP contribution in [0.2, 0.25) is 0 Å². The van der Waals surface area contributed by atoms with E-state index in [1.807, 2.05) is 32.7 Å². The third kappa shape index (κ3) is 3.12. The monoisotopic (exact) mass is 344 g/mol. The first-order valence-electron chi connectivity index (χ1n) is 8.96. The van der Waals surface area contributed by atoms with Crippen LogP contribution in [0, 0.1) is 12.3 Å². The number of aryl methyl sites for hydroxylation is 1. The summed E-state index contributed by atoms with van der Waals surface area (Å²) in [7, 11) is 1.87. The predicted molar refractivity (Wildman–Crippen MR) is 96.2 cm³/mol. The second-order valence-corrected chi connectivity index (χ2v) is 8.35. The van der Waals surface area contributed by atoms with Gasteiger partial charge < -0.3 is 14.5 Å². The van der Waals surface area contributed by atoms with Crippen LogP contribution in [0.3, 0.4) is 0 Å². The second-order valence-electron chi connectivity index (χ2n) is 8.35. The zero-order valence-corrected chi connectivity index (χ0v) is 15.8. The summed E-state index contributed by atoms with van der Waals surface area (Å²) in [5.74, 6) is 0.196. The van der Waals surface area contributed by atoms with E-state index in [9.17, 15) is 9.59 Å². The molecule has 0 bridgehead atoms. The lowest BCUT2D eigenvalue weighted by molar-refractivity contribution is -0.176. The van der Waals surface area contributed by atoms with E-state index >= 15 is 0 Å². The summed E-state index contributed by atoms with van der Waals surface area (Å²) in [6.07, 6.45) is 1.09. The SMILES string of the molecule is Cc1ccc(C2N(C)C(=O)C23CCN(C(=O)OC(C)(C)C)CC3)cc1. The van der Waals surface area contributed by atoms with Crippen LogP contribution in [0.1, 0.15) is 50.8 Å². The van der Waals surface area contributed by atoms with Gasteiger partial charge in [0.05, 0.1) is 11.5 Å². The highest BCUT2D eigenvalue weighted by Gasteiger charge is 2.60. The molecule has 5 nitrogen and oxygen atoms in total. The summed E-state index contributed by atoms with van der Waals surface area (Å²) >= 11 is 0. The molecule has 3 rings (SSSR count). The Morgan fingerprint density at radius 1 is 1.16 bits per heavy atom. The number of likely N-dealkylation sites (tertiary alicyclic amines) is 2. The van der Waals surface area contributed by atoms with Crippen LogP contribution in [0.25, 0.3) is 0 Å². The lowest BCUT2D eigenvalue weighted by Crippen LogP contribution is -2.65. The maximum Gasteiger partial charge on any atom is 0.410 e. The zero-order valence-electron chi connectivity index (χ0n) is 15.8. The van der Waals surface area contributed by atoms with Crippen LogP contribution in [0.5, 0.6) is 0 Å². The van der Waals surface area contributed by atoms with Gasteiger partial charge in [-0.3, -0.25) is 4.79 Å². The Hall–Kier alpha value is -2.04. The number of hydrogen-bond donors (Lipinski definition) is 0. The highest BCUT2D eigenvalue weighted by Crippen LogP contribution is 2.55. The van der Waals surface area contributed by atoms with Crippen molar-refractivity contribution >= 4 is 12.0 Å². The first-order valence-corrected chi connectivity index (χ1v) is 8.96. The van der Waals surface area contributed by atoms with E-state index in [-0.39, 0.29) is 23.5 Å². The molecule has 1 atom stereocenters. The van der Waals surface area contributed by atoms with Crippen molar-refractivity contribution in [2.24, 2.45) is 5.41 Å². The van der Waals surface area contributed by atoms with Crippen molar-refractivity contribution in [2.75, 3.05) is 20.1 Å². The van der Waals surface area contributed by atoms with Crippen LogP contribution < -0.4 is 0 Å². The Balaban J connectivity index is 1.73. The summed E-state index contributed by atoms with van der Waals surface area (Å²) in [6, 6.07) is 8.52. The van der Waals surface area contributed by atoms with Gasteiger partial charge in [0.25, 0.3) is 0 Å². The van der Waals surface area contributed by atoms with Crippen LogP contribution in [0.15, 0.2) is 24.3 Å². The molecular formula is C20H28N2O3. The number of carbonyl (C=O) groups is 2. The van der Waals surface area contributed by atoms with E-state index in [0.717, 1.165) is 0 Å². The minimum Gasteiger partial charge on any atom is -0.444 e. The highest BCUT2D eigenvalue weighted by atomic mass is 16.6. The van der Waals surface area contributed by atoms with Gasteiger partial charge in [-0.15, -0.1) is 0 Å². The Morgan fingerprint density at radius 2 is 1.72 bits per heavy atom. The third-order valence-corrected chi connectivity index (χ3v) is 5.36. The van der Waals surface area contributed by atoms with Gasteiger partial charge in [0, 0.05) is 20.1 Å². The van der Waals surface area contributed by atoms with Crippen molar-refractivity contribution in [3.8, 4) is 0 Å². The van der Waals surface area contributed by atoms with Gasteiger partial charge >= 0.3 is 6.09 Å². The molecule has 1 spiro atoms. The van der Waals surface area contributed by atoms with Crippen LogP contribution in [0.4, 0.5) is 4.79 Å². The summed E-state index contributed by atoms with van der Waals surface area (Å²) < 4.78 is 5.46. The maximum absolute atomic E-state index is 12.7. The van der Waals surface area contributed by atoms with E-state index < -0.39 is 5.60 Å². The molecule has 0 radical (unpaired) electrons. The Bertz CT molecular complexity index is 667. The summed E-state index contributed by atoms with van der Waals surface area (Å²) in [6.45, 7) is 8.80. The van der Waals surface area contributed by atoms with Crippen molar-refractivity contribution in [1.82, 2.24) is 9.80 Å². The van der Waals surface area contributed by atoms with Gasteiger partial charge in [0.15, 0.2) is 0 Å². The van der Waals surface area contributed by atoms with E-state index in [2.05, 4.69) is 31.2 Å².